The number of hydrogen-bond donors (Lipinski definition) is 4. The number of aryl methyl sites for hydroxylation is 1. The fraction of sp³-hybridized carbons (Fsp3) is 0.526. The number of alkyl carbamates (subject to hydrolysis) is 1. The van der Waals surface area contributed by atoms with Gasteiger partial charge in [-0.3, -0.25) is 9.59 Å². The Bertz CT molecular complexity index is 715. The van der Waals surface area contributed by atoms with Gasteiger partial charge in [-0.05, 0) is 39.3 Å². The lowest BCUT2D eigenvalue weighted by Crippen LogP contribution is -2.52. The molecule has 0 aliphatic heterocycles. The van der Waals surface area contributed by atoms with Crippen LogP contribution in [0.2, 0.25) is 5.02 Å². The van der Waals surface area contributed by atoms with Gasteiger partial charge in [0.15, 0.2) is 6.29 Å². The van der Waals surface area contributed by atoms with E-state index in [2.05, 4.69) is 16.0 Å². The summed E-state index contributed by atoms with van der Waals surface area (Å²) in [6.45, 7) is 6.36. The zero-order chi connectivity index (χ0) is 22.2. The summed E-state index contributed by atoms with van der Waals surface area (Å²) in [4.78, 5) is 36.1. The molecule has 0 heterocycles. The average Bonchev–Trinajstić information content (AvgIpc) is 2.61. The average molecular weight is 430 g/mol. The van der Waals surface area contributed by atoms with Crippen molar-refractivity contribution in [2.45, 2.75) is 45.6 Å². The second kappa shape index (κ2) is 11.0. The Morgan fingerprint density at radius 2 is 1.86 bits per heavy atom. The first-order valence-corrected chi connectivity index (χ1v) is 9.32. The summed E-state index contributed by atoms with van der Waals surface area (Å²) in [5.74, 6) is -1.05. The lowest BCUT2D eigenvalue weighted by Gasteiger charge is -2.24. The second-order valence-electron chi connectivity index (χ2n) is 7.30. The van der Waals surface area contributed by atoms with Crippen molar-refractivity contribution < 1.29 is 29.0 Å². The van der Waals surface area contributed by atoms with E-state index in [4.69, 9.17) is 21.1 Å². The number of methoxy groups -OCH3 is 1. The van der Waals surface area contributed by atoms with Crippen molar-refractivity contribution in [1.29, 1.82) is 0 Å². The van der Waals surface area contributed by atoms with Gasteiger partial charge in [-0.1, -0.05) is 23.7 Å². The summed E-state index contributed by atoms with van der Waals surface area (Å²) in [6.07, 6.45) is -2.11. The van der Waals surface area contributed by atoms with Crippen molar-refractivity contribution in [3.8, 4) is 0 Å². The first-order valence-electron chi connectivity index (χ1n) is 8.95. The molecule has 0 aromatic heterocycles. The minimum absolute atomic E-state index is 0.140. The highest BCUT2D eigenvalue weighted by Gasteiger charge is 2.24. The highest BCUT2D eigenvalue weighted by molar-refractivity contribution is 6.34. The molecule has 9 nitrogen and oxygen atoms in total. The highest BCUT2D eigenvalue weighted by atomic mass is 35.5. The van der Waals surface area contributed by atoms with E-state index in [9.17, 15) is 19.5 Å². The Balaban J connectivity index is 2.65. The lowest BCUT2D eigenvalue weighted by molar-refractivity contribution is -0.122. The standard InChI is InChI=1S/C19H28ClN3O6/c1-11-7-6-8-12(20)15(11)16(25)23-13(17(26)28-5)9-21-14(24)10-22-18(27)29-19(2,3)4/h6-8,13,17,26H,9-10H2,1-5H3,(H,21,24)(H,22,27)(H,23,25)/t13-,17?/m0/s1. The second-order valence-corrected chi connectivity index (χ2v) is 7.70. The van der Waals surface area contributed by atoms with Crippen molar-refractivity contribution >= 4 is 29.5 Å². The summed E-state index contributed by atoms with van der Waals surface area (Å²) in [6, 6.07) is 4.07. The zero-order valence-electron chi connectivity index (χ0n) is 17.2. The largest absolute Gasteiger partial charge is 0.444 e. The number of carbonyl (C=O) groups excluding carboxylic acids is 3. The van der Waals surface area contributed by atoms with Gasteiger partial charge < -0.3 is 30.5 Å². The molecule has 0 aliphatic rings. The third-order valence-electron chi connectivity index (χ3n) is 3.66. The fourth-order valence-electron chi connectivity index (χ4n) is 2.30. The van der Waals surface area contributed by atoms with E-state index in [1.54, 1.807) is 45.9 Å². The SMILES string of the molecule is COC(O)[C@H](CNC(=O)CNC(=O)OC(C)(C)C)NC(=O)c1c(C)cccc1Cl. The number of aliphatic hydroxyl groups is 1. The summed E-state index contributed by atoms with van der Waals surface area (Å²) in [5, 5.41) is 17.7. The molecule has 1 rings (SSSR count). The fourth-order valence-corrected chi connectivity index (χ4v) is 2.61. The van der Waals surface area contributed by atoms with Crippen LogP contribution in [0.4, 0.5) is 4.79 Å². The van der Waals surface area contributed by atoms with Gasteiger partial charge in [-0.25, -0.2) is 4.79 Å². The number of rotatable bonds is 8. The van der Waals surface area contributed by atoms with Crippen LogP contribution in [0.15, 0.2) is 18.2 Å². The molecule has 0 fully saturated rings. The number of aliphatic hydroxyl groups excluding tert-OH is 1. The Kier molecular flexibility index (Phi) is 9.35. The molecule has 1 unspecified atom stereocenters. The van der Waals surface area contributed by atoms with Gasteiger partial charge in [-0.2, -0.15) is 0 Å². The molecule has 1 aromatic carbocycles. The molecule has 1 aromatic rings. The van der Waals surface area contributed by atoms with Crippen LogP contribution in [0, 0.1) is 6.92 Å². The molecular formula is C19H28ClN3O6. The van der Waals surface area contributed by atoms with Crippen LogP contribution >= 0.6 is 11.6 Å². The van der Waals surface area contributed by atoms with Crippen LogP contribution in [0.3, 0.4) is 0 Å². The van der Waals surface area contributed by atoms with Crippen LogP contribution in [0.25, 0.3) is 0 Å². The third-order valence-corrected chi connectivity index (χ3v) is 3.98. The molecule has 0 aliphatic carbocycles. The van der Waals surface area contributed by atoms with Crippen molar-refractivity contribution in [2.75, 3.05) is 20.2 Å². The van der Waals surface area contributed by atoms with Gasteiger partial charge in [0.2, 0.25) is 5.91 Å². The molecule has 0 radical (unpaired) electrons. The van der Waals surface area contributed by atoms with Crippen LogP contribution in [0.1, 0.15) is 36.7 Å². The molecule has 0 spiro atoms. The predicted molar refractivity (Wildman–Crippen MR) is 108 cm³/mol. The number of benzene rings is 1. The van der Waals surface area contributed by atoms with Crippen LogP contribution < -0.4 is 16.0 Å². The van der Waals surface area contributed by atoms with Gasteiger partial charge >= 0.3 is 6.09 Å². The van der Waals surface area contributed by atoms with E-state index in [-0.39, 0.29) is 23.7 Å². The molecule has 2 atom stereocenters. The number of carbonyl (C=O) groups is 3. The van der Waals surface area contributed by atoms with Crippen molar-refractivity contribution in [1.82, 2.24) is 16.0 Å². The molecule has 3 amide bonds. The van der Waals surface area contributed by atoms with Crippen molar-refractivity contribution in [3.63, 3.8) is 0 Å². The molecule has 4 N–H and O–H groups in total. The Morgan fingerprint density at radius 1 is 1.21 bits per heavy atom. The molecule has 162 valence electrons. The molecule has 10 heteroatoms. The lowest BCUT2D eigenvalue weighted by atomic mass is 10.1. The first-order chi connectivity index (χ1) is 13.4. The van der Waals surface area contributed by atoms with Gasteiger partial charge in [0.1, 0.15) is 5.60 Å². The van der Waals surface area contributed by atoms with Gasteiger partial charge in [0, 0.05) is 13.7 Å². The van der Waals surface area contributed by atoms with Crippen molar-refractivity contribution in [3.05, 3.63) is 34.3 Å². The zero-order valence-corrected chi connectivity index (χ0v) is 17.9. The Morgan fingerprint density at radius 3 is 2.41 bits per heavy atom. The van der Waals surface area contributed by atoms with Crippen LogP contribution in [-0.2, 0) is 14.3 Å². The molecular weight excluding hydrogens is 402 g/mol. The van der Waals surface area contributed by atoms with Gasteiger partial charge in [0.25, 0.3) is 5.91 Å². The molecule has 29 heavy (non-hydrogen) atoms. The predicted octanol–water partition coefficient (Wildman–Crippen LogP) is 1.35. The monoisotopic (exact) mass is 429 g/mol. The maximum absolute atomic E-state index is 12.6. The van der Waals surface area contributed by atoms with Gasteiger partial charge in [0.05, 0.1) is 23.2 Å². The van der Waals surface area contributed by atoms with E-state index in [1.807, 2.05) is 0 Å². The molecule has 0 saturated heterocycles. The highest BCUT2D eigenvalue weighted by Crippen LogP contribution is 2.19. The van der Waals surface area contributed by atoms with E-state index in [0.29, 0.717) is 5.56 Å². The normalized spacial score (nSPS) is 13.2. The minimum atomic E-state index is -1.37. The number of halogens is 1. The van der Waals surface area contributed by atoms with Gasteiger partial charge in [-0.15, -0.1) is 0 Å². The van der Waals surface area contributed by atoms with Crippen LogP contribution in [0.5, 0.6) is 0 Å². The van der Waals surface area contributed by atoms with Crippen molar-refractivity contribution in [2.24, 2.45) is 0 Å². The topological polar surface area (TPSA) is 126 Å². The maximum atomic E-state index is 12.6. The minimum Gasteiger partial charge on any atom is -0.444 e. The van der Waals surface area contributed by atoms with Crippen LogP contribution in [-0.4, -0.2) is 61.1 Å². The number of amides is 3. The quantitative estimate of drug-likeness (QED) is 0.462. The summed E-state index contributed by atoms with van der Waals surface area (Å²) in [7, 11) is 1.26. The number of ether oxygens (including phenoxy) is 2. The third kappa shape index (κ3) is 8.68. The van der Waals surface area contributed by atoms with E-state index in [0.717, 1.165) is 0 Å². The van der Waals surface area contributed by atoms with E-state index >= 15 is 0 Å². The summed E-state index contributed by atoms with van der Waals surface area (Å²) in [5.41, 5.74) is 0.238. The Hall–Kier alpha value is -2.36. The maximum Gasteiger partial charge on any atom is 0.408 e. The molecule has 0 bridgehead atoms. The summed E-state index contributed by atoms with van der Waals surface area (Å²) >= 11 is 6.09. The molecule has 0 saturated carbocycles. The number of nitrogens with one attached hydrogen (secondary N) is 3. The Labute approximate surface area is 175 Å². The van der Waals surface area contributed by atoms with E-state index < -0.39 is 35.8 Å². The first kappa shape index (κ1) is 24.7. The smallest absolute Gasteiger partial charge is 0.408 e. The van der Waals surface area contributed by atoms with E-state index in [1.165, 1.54) is 7.11 Å². The number of hydrogen-bond acceptors (Lipinski definition) is 6. The summed E-state index contributed by atoms with van der Waals surface area (Å²) < 4.78 is 9.90.